The van der Waals surface area contributed by atoms with Crippen molar-refractivity contribution in [1.82, 2.24) is 15.1 Å². The van der Waals surface area contributed by atoms with Gasteiger partial charge < -0.3 is 19.9 Å². The second-order valence-electron chi connectivity index (χ2n) is 7.47. The highest BCUT2D eigenvalue weighted by atomic mass is 32.2. The number of hydrogen-bond acceptors (Lipinski definition) is 6. The van der Waals surface area contributed by atoms with E-state index in [9.17, 15) is 22.8 Å². The molecule has 0 radical (unpaired) electrons. The molecular formula is C23H27N3O6S. The van der Waals surface area contributed by atoms with Gasteiger partial charge in [-0.1, -0.05) is 37.3 Å². The molecule has 33 heavy (non-hydrogen) atoms. The average molecular weight is 474 g/mol. The molecule has 3 rings (SSSR count). The quantitative estimate of drug-likeness (QED) is 0.649. The van der Waals surface area contributed by atoms with Crippen LogP contribution in [0.5, 0.6) is 5.75 Å². The van der Waals surface area contributed by atoms with E-state index in [-0.39, 0.29) is 35.2 Å². The van der Waals surface area contributed by atoms with E-state index in [4.69, 9.17) is 4.74 Å². The summed E-state index contributed by atoms with van der Waals surface area (Å²) in [6.45, 7) is 2.72. The number of ether oxygens (including phenoxy) is 1. The zero-order valence-corrected chi connectivity index (χ0v) is 19.4. The van der Waals surface area contributed by atoms with Crippen LogP contribution in [0.3, 0.4) is 0 Å². The van der Waals surface area contributed by atoms with Gasteiger partial charge in [-0.3, -0.25) is 14.4 Å². The Morgan fingerprint density at radius 3 is 2.12 bits per heavy atom. The van der Waals surface area contributed by atoms with Crippen molar-refractivity contribution in [2.45, 2.75) is 23.6 Å². The van der Waals surface area contributed by atoms with Crippen molar-refractivity contribution < 1.29 is 27.5 Å². The normalized spacial score (nSPS) is 15.0. The van der Waals surface area contributed by atoms with Crippen molar-refractivity contribution in [3.63, 3.8) is 0 Å². The molecule has 0 aromatic heterocycles. The second kappa shape index (κ2) is 10.5. The van der Waals surface area contributed by atoms with Gasteiger partial charge in [-0.15, -0.1) is 0 Å². The Balaban J connectivity index is 1.90. The van der Waals surface area contributed by atoms with Crippen LogP contribution in [0.15, 0.2) is 59.5 Å². The van der Waals surface area contributed by atoms with Gasteiger partial charge in [-0.2, -0.15) is 0 Å². The van der Waals surface area contributed by atoms with Crippen LogP contribution in [0.25, 0.3) is 0 Å². The molecule has 176 valence electrons. The molecule has 1 aliphatic rings. The van der Waals surface area contributed by atoms with Crippen molar-refractivity contribution in [1.29, 1.82) is 0 Å². The summed E-state index contributed by atoms with van der Waals surface area (Å²) in [6.07, 6.45) is 0.355. The van der Waals surface area contributed by atoms with Crippen LogP contribution in [0.4, 0.5) is 0 Å². The van der Waals surface area contributed by atoms with Crippen LogP contribution in [-0.4, -0.2) is 74.6 Å². The van der Waals surface area contributed by atoms with E-state index in [0.717, 1.165) is 0 Å². The summed E-state index contributed by atoms with van der Waals surface area (Å²) in [4.78, 5) is 41.3. The standard InChI is InChI=1S/C23H27N3O6S/c1-3-20(27)25-13-15-26(16-14-25)23(29)22(33(30,31)17-9-5-4-6-10-17)24-21(28)18-11-7-8-12-19(18)32-2/h4-12,22H,3,13-16H2,1-2H3,(H,24,28)/t22-/m0/s1. The molecule has 0 aliphatic carbocycles. The third kappa shape index (κ3) is 5.33. The van der Waals surface area contributed by atoms with Crippen LogP contribution in [0.2, 0.25) is 0 Å². The highest BCUT2D eigenvalue weighted by molar-refractivity contribution is 7.92. The third-order valence-corrected chi connectivity index (χ3v) is 7.34. The fraction of sp³-hybridized carbons (Fsp3) is 0.348. The summed E-state index contributed by atoms with van der Waals surface area (Å²) in [5, 5.41) is 0.582. The molecule has 9 nitrogen and oxygen atoms in total. The van der Waals surface area contributed by atoms with E-state index in [1.807, 2.05) is 0 Å². The first-order valence-corrected chi connectivity index (χ1v) is 12.1. The third-order valence-electron chi connectivity index (χ3n) is 5.47. The number of para-hydroxylation sites is 1. The molecular weight excluding hydrogens is 446 g/mol. The van der Waals surface area contributed by atoms with Gasteiger partial charge in [-0.05, 0) is 24.3 Å². The highest BCUT2D eigenvalue weighted by Crippen LogP contribution is 2.21. The lowest BCUT2D eigenvalue weighted by molar-refractivity contribution is -0.139. The molecule has 0 saturated carbocycles. The van der Waals surface area contributed by atoms with Crippen LogP contribution >= 0.6 is 0 Å². The van der Waals surface area contributed by atoms with Crippen LogP contribution in [0, 0.1) is 0 Å². The van der Waals surface area contributed by atoms with Gasteiger partial charge in [0.25, 0.3) is 11.8 Å². The second-order valence-corrected chi connectivity index (χ2v) is 9.50. The molecule has 1 N–H and O–H groups in total. The Morgan fingerprint density at radius 1 is 0.939 bits per heavy atom. The first kappa shape index (κ1) is 24.2. The molecule has 1 saturated heterocycles. The monoisotopic (exact) mass is 473 g/mol. The zero-order chi connectivity index (χ0) is 24.0. The molecule has 1 heterocycles. The lowest BCUT2D eigenvalue weighted by atomic mass is 10.2. The van der Waals surface area contributed by atoms with Gasteiger partial charge in [0.1, 0.15) is 5.75 Å². The minimum absolute atomic E-state index is 0.0277. The molecule has 10 heteroatoms. The lowest BCUT2D eigenvalue weighted by Crippen LogP contribution is -2.57. The smallest absolute Gasteiger partial charge is 0.261 e. The summed E-state index contributed by atoms with van der Waals surface area (Å²) in [5.41, 5.74) is 0.111. The number of piperazine rings is 1. The Hall–Kier alpha value is -3.40. The minimum Gasteiger partial charge on any atom is -0.496 e. The number of methoxy groups -OCH3 is 1. The Kier molecular flexibility index (Phi) is 7.70. The topological polar surface area (TPSA) is 113 Å². The first-order valence-electron chi connectivity index (χ1n) is 10.6. The maximum atomic E-state index is 13.4. The molecule has 3 amide bonds. The van der Waals surface area contributed by atoms with Crippen molar-refractivity contribution in [3.8, 4) is 5.75 Å². The number of nitrogens with one attached hydrogen (secondary N) is 1. The van der Waals surface area contributed by atoms with Crippen LogP contribution in [-0.2, 0) is 19.4 Å². The van der Waals surface area contributed by atoms with E-state index >= 15 is 0 Å². The number of hydrogen-bond donors (Lipinski definition) is 1. The van der Waals surface area contributed by atoms with E-state index < -0.39 is 27.0 Å². The maximum Gasteiger partial charge on any atom is 0.261 e. The summed E-state index contributed by atoms with van der Waals surface area (Å²) in [5.74, 6) is -1.26. The summed E-state index contributed by atoms with van der Waals surface area (Å²) in [7, 11) is -2.86. The summed E-state index contributed by atoms with van der Waals surface area (Å²) < 4.78 is 32.0. The van der Waals surface area contributed by atoms with Crippen LogP contribution < -0.4 is 10.1 Å². The number of sulfone groups is 1. The van der Waals surface area contributed by atoms with Gasteiger partial charge >= 0.3 is 0 Å². The van der Waals surface area contributed by atoms with E-state index in [1.54, 1.807) is 48.2 Å². The minimum atomic E-state index is -4.25. The van der Waals surface area contributed by atoms with E-state index in [2.05, 4.69) is 5.32 Å². The molecule has 2 aromatic carbocycles. The largest absolute Gasteiger partial charge is 0.496 e. The highest BCUT2D eigenvalue weighted by Gasteiger charge is 2.39. The molecule has 1 atom stereocenters. The van der Waals surface area contributed by atoms with Crippen molar-refractivity contribution in [3.05, 3.63) is 60.2 Å². The Morgan fingerprint density at radius 2 is 1.52 bits per heavy atom. The van der Waals surface area contributed by atoms with E-state index in [1.165, 1.54) is 30.2 Å². The SMILES string of the molecule is CCC(=O)N1CCN(C(=O)[C@@H](NC(=O)c2ccccc2OC)S(=O)(=O)c2ccccc2)CC1. The fourth-order valence-corrected chi connectivity index (χ4v) is 5.10. The predicted molar refractivity (Wildman–Crippen MR) is 121 cm³/mol. The average Bonchev–Trinajstić information content (AvgIpc) is 2.86. The first-order chi connectivity index (χ1) is 15.8. The molecule has 2 aromatic rings. The molecule has 0 bridgehead atoms. The van der Waals surface area contributed by atoms with Gasteiger partial charge in [0.05, 0.1) is 17.6 Å². The summed E-state index contributed by atoms with van der Waals surface area (Å²) in [6, 6.07) is 13.9. The van der Waals surface area contributed by atoms with Gasteiger partial charge in [0.2, 0.25) is 21.1 Å². The molecule has 0 spiro atoms. The van der Waals surface area contributed by atoms with Crippen molar-refractivity contribution in [2.24, 2.45) is 0 Å². The zero-order valence-electron chi connectivity index (χ0n) is 18.6. The molecule has 1 fully saturated rings. The fourth-order valence-electron chi connectivity index (χ4n) is 3.61. The number of amides is 3. The Bertz CT molecular complexity index is 1110. The van der Waals surface area contributed by atoms with Crippen LogP contribution in [0.1, 0.15) is 23.7 Å². The van der Waals surface area contributed by atoms with Crippen molar-refractivity contribution >= 4 is 27.6 Å². The Labute approximate surface area is 193 Å². The molecule has 1 aliphatic heterocycles. The lowest BCUT2D eigenvalue weighted by Gasteiger charge is -2.36. The van der Waals surface area contributed by atoms with Gasteiger partial charge in [-0.25, -0.2) is 8.42 Å². The maximum absolute atomic E-state index is 13.4. The summed E-state index contributed by atoms with van der Waals surface area (Å²) >= 11 is 0. The van der Waals surface area contributed by atoms with E-state index in [0.29, 0.717) is 19.5 Å². The van der Waals surface area contributed by atoms with Crippen molar-refractivity contribution in [2.75, 3.05) is 33.3 Å². The van der Waals surface area contributed by atoms with Gasteiger partial charge in [0.15, 0.2) is 0 Å². The number of rotatable bonds is 7. The molecule has 0 unspecified atom stereocenters. The number of carbonyl (C=O) groups excluding carboxylic acids is 3. The van der Waals surface area contributed by atoms with Gasteiger partial charge in [0, 0.05) is 32.6 Å². The number of benzene rings is 2. The number of nitrogens with zero attached hydrogens (tertiary/aromatic N) is 2. The number of carbonyl (C=O) groups is 3. The predicted octanol–water partition coefficient (Wildman–Crippen LogP) is 1.31.